The first-order valence-electron chi connectivity index (χ1n) is 8.06. The maximum atomic E-state index is 11.1. The van der Waals surface area contributed by atoms with Crippen LogP contribution in [-0.2, 0) is 6.42 Å². The van der Waals surface area contributed by atoms with Gasteiger partial charge in [-0.3, -0.25) is 10.1 Å². The van der Waals surface area contributed by atoms with E-state index in [1.165, 1.54) is 12.1 Å². The van der Waals surface area contributed by atoms with Gasteiger partial charge in [-0.05, 0) is 48.2 Å². The summed E-state index contributed by atoms with van der Waals surface area (Å²) in [5, 5.41) is 15.0. The Balaban J connectivity index is 2.11. The molecule has 25 heavy (non-hydrogen) atoms. The van der Waals surface area contributed by atoms with Crippen molar-refractivity contribution in [3.63, 3.8) is 0 Å². The molecule has 0 bridgehead atoms. The maximum Gasteiger partial charge on any atom is 0.269 e. The number of fused-ring (bicyclic) bond motifs is 1. The molecule has 1 heterocycles. The monoisotopic (exact) mass is 362 g/mol. The van der Waals surface area contributed by atoms with E-state index in [2.05, 4.69) is 5.32 Å². The number of methoxy groups -OCH3 is 1. The molecule has 1 aliphatic heterocycles. The number of halogens is 1. The van der Waals surface area contributed by atoms with Gasteiger partial charge in [-0.25, -0.2) is 0 Å². The van der Waals surface area contributed by atoms with Crippen LogP contribution in [0, 0.1) is 10.1 Å². The highest BCUT2D eigenvalue weighted by atomic mass is 35.5. The molecule has 2 aromatic rings. The van der Waals surface area contributed by atoms with E-state index >= 15 is 0 Å². The first kappa shape index (κ1) is 17.5. The van der Waals surface area contributed by atoms with Gasteiger partial charge in [-0.2, -0.15) is 0 Å². The third-order valence-electron chi connectivity index (χ3n) is 4.28. The highest BCUT2D eigenvalue weighted by Crippen LogP contribution is 2.40. The second-order valence-corrected chi connectivity index (χ2v) is 6.14. The van der Waals surface area contributed by atoms with Crippen LogP contribution in [0.2, 0.25) is 5.02 Å². The van der Waals surface area contributed by atoms with Crippen molar-refractivity contribution >= 4 is 17.3 Å². The standard InChI is InChI=1S/C18H19ClN2O4/c1-3-25-17-10-13-11(8-16(17)24-2)6-7-20-18(13)14-9-12(21(22)23)4-5-15(14)19/h4-5,8-10,18,20H,3,6-7H2,1-2H3. The van der Waals surface area contributed by atoms with Crippen molar-refractivity contribution in [3.8, 4) is 11.5 Å². The first-order chi connectivity index (χ1) is 12.0. The number of hydrogen-bond donors (Lipinski definition) is 1. The van der Waals surface area contributed by atoms with Crippen LogP contribution >= 0.6 is 11.6 Å². The summed E-state index contributed by atoms with van der Waals surface area (Å²) in [6, 6.07) is 8.18. The Hall–Kier alpha value is -2.31. The molecule has 0 saturated heterocycles. The Kier molecular flexibility index (Phi) is 5.11. The largest absolute Gasteiger partial charge is 0.493 e. The van der Waals surface area contributed by atoms with Crippen molar-refractivity contribution < 1.29 is 14.4 Å². The van der Waals surface area contributed by atoms with Crippen molar-refractivity contribution in [2.24, 2.45) is 0 Å². The Bertz CT molecular complexity index is 810. The van der Waals surface area contributed by atoms with E-state index in [0.29, 0.717) is 28.7 Å². The topological polar surface area (TPSA) is 73.6 Å². The Morgan fingerprint density at radius 2 is 2.08 bits per heavy atom. The van der Waals surface area contributed by atoms with Crippen molar-refractivity contribution in [1.82, 2.24) is 5.32 Å². The fourth-order valence-electron chi connectivity index (χ4n) is 3.14. The van der Waals surface area contributed by atoms with E-state index in [4.69, 9.17) is 21.1 Å². The van der Waals surface area contributed by atoms with Gasteiger partial charge in [-0.1, -0.05) is 11.6 Å². The van der Waals surface area contributed by atoms with Crippen LogP contribution in [0.5, 0.6) is 11.5 Å². The van der Waals surface area contributed by atoms with Crippen molar-refractivity contribution in [2.75, 3.05) is 20.3 Å². The van der Waals surface area contributed by atoms with Gasteiger partial charge in [0.1, 0.15) is 0 Å². The maximum absolute atomic E-state index is 11.1. The van der Waals surface area contributed by atoms with E-state index in [0.717, 1.165) is 24.1 Å². The van der Waals surface area contributed by atoms with Crippen LogP contribution in [0.1, 0.15) is 29.7 Å². The summed E-state index contributed by atoms with van der Waals surface area (Å²) in [5.41, 5.74) is 2.82. The van der Waals surface area contributed by atoms with Crippen LogP contribution in [0.4, 0.5) is 5.69 Å². The molecular weight excluding hydrogens is 344 g/mol. The molecule has 6 nitrogen and oxygen atoms in total. The van der Waals surface area contributed by atoms with Crippen LogP contribution < -0.4 is 14.8 Å². The second-order valence-electron chi connectivity index (χ2n) is 5.73. The van der Waals surface area contributed by atoms with Gasteiger partial charge >= 0.3 is 0 Å². The summed E-state index contributed by atoms with van der Waals surface area (Å²) < 4.78 is 11.1. The molecule has 1 N–H and O–H groups in total. The van der Waals surface area contributed by atoms with Crippen molar-refractivity contribution in [3.05, 3.63) is 62.2 Å². The van der Waals surface area contributed by atoms with E-state index in [1.807, 2.05) is 19.1 Å². The van der Waals surface area contributed by atoms with E-state index < -0.39 is 4.92 Å². The summed E-state index contributed by atoms with van der Waals surface area (Å²) in [6.07, 6.45) is 0.834. The minimum atomic E-state index is -0.413. The lowest BCUT2D eigenvalue weighted by Crippen LogP contribution is -2.31. The minimum absolute atomic E-state index is 0.0202. The molecule has 1 unspecified atom stereocenters. The van der Waals surface area contributed by atoms with E-state index in [-0.39, 0.29) is 11.7 Å². The fraction of sp³-hybridized carbons (Fsp3) is 0.333. The number of nitro groups is 1. The summed E-state index contributed by atoms with van der Waals surface area (Å²) in [5.74, 6) is 1.34. The molecule has 132 valence electrons. The molecule has 0 amide bonds. The molecule has 0 aliphatic carbocycles. The molecule has 1 atom stereocenters. The second kappa shape index (κ2) is 7.29. The van der Waals surface area contributed by atoms with Gasteiger partial charge in [0.15, 0.2) is 11.5 Å². The molecule has 0 aromatic heterocycles. The molecule has 0 fully saturated rings. The van der Waals surface area contributed by atoms with Gasteiger partial charge in [-0.15, -0.1) is 0 Å². The smallest absolute Gasteiger partial charge is 0.269 e. The molecule has 2 aromatic carbocycles. The van der Waals surface area contributed by atoms with Crippen molar-refractivity contribution in [2.45, 2.75) is 19.4 Å². The number of non-ortho nitro benzene ring substituents is 1. The highest BCUT2D eigenvalue weighted by Gasteiger charge is 2.27. The molecule has 3 rings (SSSR count). The third-order valence-corrected chi connectivity index (χ3v) is 4.62. The Labute approximate surface area is 150 Å². The average molecular weight is 363 g/mol. The average Bonchev–Trinajstić information content (AvgIpc) is 2.61. The van der Waals surface area contributed by atoms with Crippen LogP contribution in [-0.4, -0.2) is 25.2 Å². The lowest BCUT2D eigenvalue weighted by Gasteiger charge is -2.29. The van der Waals surface area contributed by atoms with Crippen LogP contribution in [0.15, 0.2) is 30.3 Å². The predicted molar refractivity (Wildman–Crippen MR) is 95.8 cm³/mol. The van der Waals surface area contributed by atoms with Gasteiger partial charge in [0, 0.05) is 23.7 Å². The lowest BCUT2D eigenvalue weighted by atomic mass is 9.89. The molecule has 0 saturated carbocycles. The number of nitro benzene ring substituents is 1. The van der Waals surface area contributed by atoms with E-state index in [9.17, 15) is 10.1 Å². The third kappa shape index (κ3) is 3.41. The fourth-order valence-corrected chi connectivity index (χ4v) is 3.36. The predicted octanol–water partition coefficient (Wildman–Crippen LogP) is 3.89. The quantitative estimate of drug-likeness (QED) is 0.645. The zero-order chi connectivity index (χ0) is 18.0. The lowest BCUT2D eigenvalue weighted by molar-refractivity contribution is -0.384. The van der Waals surface area contributed by atoms with E-state index in [1.54, 1.807) is 13.2 Å². The van der Waals surface area contributed by atoms with Gasteiger partial charge < -0.3 is 14.8 Å². The van der Waals surface area contributed by atoms with Gasteiger partial charge in [0.2, 0.25) is 0 Å². The zero-order valence-electron chi connectivity index (χ0n) is 14.0. The summed E-state index contributed by atoms with van der Waals surface area (Å²) in [4.78, 5) is 10.7. The number of ether oxygens (including phenoxy) is 2. The molecular formula is C18H19ClN2O4. The van der Waals surface area contributed by atoms with Gasteiger partial charge in [0.25, 0.3) is 5.69 Å². The summed E-state index contributed by atoms with van der Waals surface area (Å²) in [7, 11) is 1.61. The zero-order valence-corrected chi connectivity index (χ0v) is 14.8. The molecule has 0 spiro atoms. The normalized spacial score (nSPS) is 16.2. The number of rotatable bonds is 5. The number of hydrogen-bond acceptors (Lipinski definition) is 5. The summed E-state index contributed by atoms with van der Waals surface area (Å²) in [6.45, 7) is 3.17. The minimum Gasteiger partial charge on any atom is -0.493 e. The number of benzene rings is 2. The molecule has 7 heteroatoms. The number of nitrogens with one attached hydrogen (secondary N) is 1. The summed E-state index contributed by atoms with van der Waals surface area (Å²) >= 11 is 6.34. The van der Waals surface area contributed by atoms with Crippen LogP contribution in [0.25, 0.3) is 0 Å². The van der Waals surface area contributed by atoms with Crippen molar-refractivity contribution in [1.29, 1.82) is 0 Å². The first-order valence-corrected chi connectivity index (χ1v) is 8.43. The van der Waals surface area contributed by atoms with Crippen LogP contribution in [0.3, 0.4) is 0 Å². The SMILES string of the molecule is CCOc1cc2c(cc1OC)CCNC2c1cc([N+](=O)[O-])ccc1Cl. The van der Waals surface area contributed by atoms with Gasteiger partial charge in [0.05, 0.1) is 24.7 Å². The molecule has 1 aliphatic rings. The Morgan fingerprint density at radius 3 is 2.76 bits per heavy atom. The molecule has 0 radical (unpaired) electrons. The number of nitrogens with zero attached hydrogens (tertiary/aromatic N) is 1. The Morgan fingerprint density at radius 1 is 1.28 bits per heavy atom. The highest BCUT2D eigenvalue weighted by molar-refractivity contribution is 6.31.